The topological polar surface area (TPSA) is 32.3 Å². The Bertz CT molecular complexity index is 300. The van der Waals surface area contributed by atoms with Crippen molar-refractivity contribution in [2.75, 3.05) is 6.54 Å². The normalized spacial score (nSPS) is 31.2. The predicted octanol–water partition coefficient (Wildman–Crippen LogP) is 2.80. The van der Waals surface area contributed by atoms with Crippen LogP contribution in [0.1, 0.15) is 59.8 Å². The van der Waals surface area contributed by atoms with E-state index in [0.717, 1.165) is 30.8 Å². The average Bonchev–Trinajstić information content (AvgIpc) is 2.56. The maximum atomic E-state index is 11.8. The predicted molar refractivity (Wildman–Crippen MR) is 79.0 cm³/mol. The van der Waals surface area contributed by atoms with Crippen molar-refractivity contribution in [3.8, 4) is 0 Å². The van der Waals surface area contributed by atoms with E-state index in [0.29, 0.717) is 6.04 Å². The summed E-state index contributed by atoms with van der Waals surface area (Å²) < 4.78 is 0. The van der Waals surface area contributed by atoms with Crippen LogP contribution in [0, 0.1) is 11.8 Å². The molecule has 2 rings (SSSR count). The van der Waals surface area contributed by atoms with Crippen molar-refractivity contribution in [2.45, 2.75) is 77.9 Å². The van der Waals surface area contributed by atoms with Gasteiger partial charge in [-0.05, 0) is 44.6 Å². The zero-order valence-electron chi connectivity index (χ0n) is 13.0. The molecule has 3 nitrogen and oxygen atoms in total. The molecule has 0 aromatic rings. The summed E-state index contributed by atoms with van der Waals surface area (Å²) in [6.45, 7) is 9.80. The Kier molecular flexibility index (Phi) is 4.88. The summed E-state index contributed by atoms with van der Waals surface area (Å²) in [4.78, 5) is 14.5. The molecule has 1 unspecified atom stereocenters. The molecule has 110 valence electrons. The summed E-state index contributed by atoms with van der Waals surface area (Å²) >= 11 is 0. The molecule has 1 N–H and O–H groups in total. The third kappa shape index (κ3) is 3.71. The van der Waals surface area contributed by atoms with Gasteiger partial charge in [-0.2, -0.15) is 0 Å². The lowest BCUT2D eigenvalue weighted by Crippen LogP contribution is -2.51. The van der Waals surface area contributed by atoms with Crippen molar-refractivity contribution in [3.63, 3.8) is 0 Å². The third-order valence-corrected chi connectivity index (χ3v) is 4.72. The van der Waals surface area contributed by atoms with Gasteiger partial charge in [0.25, 0.3) is 0 Å². The third-order valence-electron chi connectivity index (χ3n) is 4.72. The van der Waals surface area contributed by atoms with E-state index in [-0.39, 0.29) is 11.8 Å². The van der Waals surface area contributed by atoms with E-state index in [4.69, 9.17) is 0 Å². The Morgan fingerprint density at radius 3 is 2.21 bits per heavy atom. The van der Waals surface area contributed by atoms with Gasteiger partial charge in [0, 0.05) is 24.0 Å². The highest BCUT2D eigenvalue weighted by atomic mass is 16.1. The number of hydrogen-bond acceptors (Lipinski definition) is 2. The second kappa shape index (κ2) is 6.25. The fraction of sp³-hybridized carbons (Fsp3) is 0.938. The standard InChI is InChI=1S/C16H30N2O/c1-11(2)7-8-18-14-5-6-15(18)10-13(9-14)17-16(19)12(3)4/h11-15H,5-10H2,1-4H3,(H,17,19)/t13?,14-,15+. The lowest BCUT2D eigenvalue weighted by atomic mass is 9.96. The second-order valence-corrected chi connectivity index (χ2v) is 7.14. The van der Waals surface area contributed by atoms with Gasteiger partial charge >= 0.3 is 0 Å². The number of fused-ring (bicyclic) bond motifs is 2. The van der Waals surface area contributed by atoms with Crippen LogP contribution in [0.2, 0.25) is 0 Å². The number of nitrogens with one attached hydrogen (secondary N) is 1. The summed E-state index contributed by atoms with van der Waals surface area (Å²) in [5.74, 6) is 1.12. The van der Waals surface area contributed by atoms with Gasteiger partial charge in [0.1, 0.15) is 0 Å². The maximum Gasteiger partial charge on any atom is 0.222 e. The molecule has 2 bridgehead atoms. The maximum absolute atomic E-state index is 11.8. The van der Waals surface area contributed by atoms with Crippen molar-refractivity contribution < 1.29 is 4.79 Å². The molecule has 3 heteroatoms. The zero-order chi connectivity index (χ0) is 14.0. The fourth-order valence-electron chi connectivity index (χ4n) is 3.53. The minimum Gasteiger partial charge on any atom is -0.353 e. The number of nitrogens with zero attached hydrogens (tertiary/aromatic N) is 1. The van der Waals surface area contributed by atoms with Gasteiger partial charge in [0.15, 0.2) is 0 Å². The fourth-order valence-corrected chi connectivity index (χ4v) is 3.53. The van der Waals surface area contributed by atoms with E-state index < -0.39 is 0 Å². The van der Waals surface area contributed by atoms with Gasteiger partial charge in [0.2, 0.25) is 5.91 Å². The Hall–Kier alpha value is -0.570. The first-order valence-electron chi connectivity index (χ1n) is 8.03. The van der Waals surface area contributed by atoms with Crippen molar-refractivity contribution >= 4 is 5.91 Å². The van der Waals surface area contributed by atoms with E-state index in [9.17, 15) is 4.79 Å². The summed E-state index contributed by atoms with van der Waals surface area (Å²) in [6.07, 6.45) is 6.28. The van der Waals surface area contributed by atoms with Gasteiger partial charge in [-0.1, -0.05) is 27.7 Å². The molecule has 2 saturated heterocycles. The average molecular weight is 266 g/mol. The highest BCUT2D eigenvalue weighted by Gasteiger charge is 2.40. The van der Waals surface area contributed by atoms with Gasteiger partial charge in [0.05, 0.1) is 0 Å². The van der Waals surface area contributed by atoms with Crippen molar-refractivity contribution in [1.82, 2.24) is 10.2 Å². The quantitative estimate of drug-likeness (QED) is 0.830. The van der Waals surface area contributed by atoms with E-state index >= 15 is 0 Å². The van der Waals surface area contributed by atoms with Crippen LogP contribution in [0.4, 0.5) is 0 Å². The molecule has 19 heavy (non-hydrogen) atoms. The minimum atomic E-state index is 0.108. The highest BCUT2D eigenvalue weighted by molar-refractivity contribution is 5.78. The van der Waals surface area contributed by atoms with Crippen LogP contribution in [0.5, 0.6) is 0 Å². The van der Waals surface area contributed by atoms with Crippen LogP contribution in [-0.2, 0) is 4.79 Å². The van der Waals surface area contributed by atoms with Gasteiger partial charge < -0.3 is 5.32 Å². The molecule has 0 spiro atoms. The highest BCUT2D eigenvalue weighted by Crippen LogP contribution is 2.36. The van der Waals surface area contributed by atoms with E-state index in [1.54, 1.807) is 0 Å². The number of hydrogen-bond donors (Lipinski definition) is 1. The van der Waals surface area contributed by atoms with Crippen molar-refractivity contribution in [2.24, 2.45) is 11.8 Å². The molecule has 2 heterocycles. The van der Waals surface area contributed by atoms with Crippen LogP contribution in [0.15, 0.2) is 0 Å². The van der Waals surface area contributed by atoms with Crippen LogP contribution in [-0.4, -0.2) is 35.5 Å². The van der Waals surface area contributed by atoms with E-state index in [1.807, 2.05) is 13.8 Å². The first-order chi connectivity index (χ1) is 8.97. The van der Waals surface area contributed by atoms with Crippen molar-refractivity contribution in [3.05, 3.63) is 0 Å². The number of amides is 1. The van der Waals surface area contributed by atoms with Gasteiger partial charge in [-0.3, -0.25) is 9.69 Å². The molecule has 0 aliphatic carbocycles. The molecule has 2 fully saturated rings. The van der Waals surface area contributed by atoms with Gasteiger partial charge in [-0.25, -0.2) is 0 Å². The molecule has 0 aromatic carbocycles. The Labute approximate surface area is 118 Å². The Morgan fingerprint density at radius 2 is 1.74 bits per heavy atom. The van der Waals surface area contributed by atoms with Gasteiger partial charge in [-0.15, -0.1) is 0 Å². The molecule has 0 radical (unpaired) electrons. The SMILES string of the molecule is CC(C)CCN1[C@@H]2CC[C@H]1CC(NC(=O)C(C)C)C2. The number of rotatable bonds is 5. The molecular formula is C16H30N2O. The van der Waals surface area contributed by atoms with Crippen LogP contribution >= 0.6 is 0 Å². The number of carbonyl (C=O) groups is 1. The molecule has 2 aliphatic heterocycles. The molecule has 2 aliphatic rings. The number of carbonyl (C=O) groups excluding carboxylic acids is 1. The largest absolute Gasteiger partial charge is 0.353 e. The molecule has 0 saturated carbocycles. The summed E-state index contributed by atoms with van der Waals surface area (Å²) in [5.41, 5.74) is 0. The van der Waals surface area contributed by atoms with Crippen molar-refractivity contribution in [1.29, 1.82) is 0 Å². The molecule has 1 amide bonds. The summed E-state index contributed by atoms with van der Waals surface area (Å²) in [5, 5.41) is 3.24. The second-order valence-electron chi connectivity index (χ2n) is 7.14. The lowest BCUT2D eigenvalue weighted by molar-refractivity contribution is -0.125. The van der Waals surface area contributed by atoms with Crippen LogP contribution < -0.4 is 5.32 Å². The smallest absolute Gasteiger partial charge is 0.222 e. The molecular weight excluding hydrogens is 236 g/mol. The monoisotopic (exact) mass is 266 g/mol. The zero-order valence-corrected chi connectivity index (χ0v) is 13.0. The molecule has 3 atom stereocenters. The lowest BCUT2D eigenvalue weighted by Gasteiger charge is -2.39. The van der Waals surface area contributed by atoms with E-state index in [1.165, 1.54) is 25.8 Å². The minimum absolute atomic E-state index is 0.108. The Morgan fingerprint density at radius 1 is 1.16 bits per heavy atom. The van der Waals surface area contributed by atoms with Crippen LogP contribution in [0.3, 0.4) is 0 Å². The number of piperidine rings is 1. The first kappa shape index (κ1) is 14.8. The van der Waals surface area contributed by atoms with E-state index in [2.05, 4.69) is 24.1 Å². The summed E-state index contributed by atoms with van der Waals surface area (Å²) in [6, 6.07) is 1.85. The summed E-state index contributed by atoms with van der Waals surface area (Å²) in [7, 11) is 0. The van der Waals surface area contributed by atoms with Crippen LogP contribution in [0.25, 0.3) is 0 Å². The molecule has 0 aromatic heterocycles. The Balaban J connectivity index is 1.85. The first-order valence-corrected chi connectivity index (χ1v) is 8.03.